The molecule has 4 aromatic rings. The fourth-order valence-corrected chi connectivity index (χ4v) is 4.68. The van der Waals surface area contributed by atoms with Crippen LogP contribution >= 0.6 is 0 Å². The first-order valence-corrected chi connectivity index (χ1v) is 9.85. The molecule has 0 aliphatic heterocycles. The minimum atomic E-state index is -0.244. The number of ether oxygens (including phenoxy) is 1. The molecular weight excluding hydrogens is 387 g/mol. The van der Waals surface area contributed by atoms with Gasteiger partial charge in [-0.25, -0.2) is 9.37 Å². The molecule has 9 heteroatoms. The van der Waals surface area contributed by atoms with E-state index in [1.165, 1.54) is 0 Å². The number of methoxy groups -OCH3 is 1. The minimum Gasteiger partial charge on any atom is -0.381 e. The number of carbonyl (C=O) groups is 1. The molecule has 3 heterocycles. The number of amides is 1. The fourth-order valence-electron chi connectivity index (χ4n) is 4.68. The highest BCUT2D eigenvalue weighted by Crippen LogP contribution is 2.44. The maximum absolute atomic E-state index is 15.7. The van der Waals surface area contributed by atoms with Gasteiger partial charge in [0.1, 0.15) is 5.82 Å². The van der Waals surface area contributed by atoms with Gasteiger partial charge in [0.2, 0.25) is 6.41 Å². The van der Waals surface area contributed by atoms with Crippen LogP contribution in [0.1, 0.15) is 36.3 Å². The summed E-state index contributed by atoms with van der Waals surface area (Å²) < 4.78 is 23.1. The highest BCUT2D eigenvalue weighted by molar-refractivity contribution is 5.97. The van der Waals surface area contributed by atoms with Crippen molar-refractivity contribution in [2.75, 3.05) is 12.4 Å². The van der Waals surface area contributed by atoms with E-state index in [2.05, 4.69) is 25.5 Å². The Morgan fingerprint density at radius 1 is 1.33 bits per heavy atom. The number of nitrogens with one attached hydrogen (secondary N) is 2. The minimum absolute atomic E-state index is 0.000384. The van der Waals surface area contributed by atoms with Gasteiger partial charge in [0.05, 0.1) is 35.9 Å². The van der Waals surface area contributed by atoms with E-state index in [4.69, 9.17) is 4.74 Å². The normalized spacial score (nSPS) is 19.0. The number of H-pyrrole nitrogens is 1. The third-order valence-corrected chi connectivity index (χ3v) is 6.05. The molecule has 0 bridgehead atoms. The lowest BCUT2D eigenvalue weighted by molar-refractivity contribution is -0.105. The number of nitrogens with zero attached hydrogens (tertiary/aromatic N) is 4. The Kier molecular flexibility index (Phi) is 4.47. The van der Waals surface area contributed by atoms with Crippen LogP contribution in [0.15, 0.2) is 24.8 Å². The predicted octanol–water partition coefficient (Wildman–Crippen LogP) is 3.57. The molecule has 1 amide bonds. The van der Waals surface area contributed by atoms with Crippen molar-refractivity contribution < 1.29 is 13.9 Å². The topological polar surface area (TPSA) is 97.2 Å². The summed E-state index contributed by atoms with van der Waals surface area (Å²) in [5, 5.41) is 10.6. The molecule has 1 aliphatic carbocycles. The summed E-state index contributed by atoms with van der Waals surface area (Å²) in [6.45, 7) is 1.77. The molecule has 30 heavy (non-hydrogen) atoms. The van der Waals surface area contributed by atoms with Crippen LogP contribution in [0.5, 0.6) is 0 Å². The first-order chi connectivity index (χ1) is 14.6. The van der Waals surface area contributed by atoms with Gasteiger partial charge in [-0.2, -0.15) is 5.10 Å². The van der Waals surface area contributed by atoms with Gasteiger partial charge in [0, 0.05) is 35.7 Å². The molecule has 2 unspecified atom stereocenters. The second-order valence-electron chi connectivity index (χ2n) is 7.62. The molecule has 0 spiro atoms. The Bertz CT molecular complexity index is 1260. The summed E-state index contributed by atoms with van der Waals surface area (Å²) in [5.41, 5.74) is 3.73. The Balaban J connectivity index is 1.70. The van der Waals surface area contributed by atoms with Crippen molar-refractivity contribution >= 4 is 28.8 Å². The van der Waals surface area contributed by atoms with E-state index in [-0.39, 0.29) is 17.8 Å². The summed E-state index contributed by atoms with van der Waals surface area (Å²) in [4.78, 5) is 19.5. The van der Waals surface area contributed by atoms with Crippen LogP contribution < -0.4 is 5.32 Å². The first-order valence-electron chi connectivity index (χ1n) is 9.85. The largest absolute Gasteiger partial charge is 0.381 e. The van der Waals surface area contributed by atoms with Crippen molar-refractivity contribution in [2.45, 2.75) is 38.2 Å². The molecule has 1 saturated carbocycles. The van der Waals surface area contributed by atoms with Crippen LogP contribution in [-0.2, 0) is 9.53 Å². The lowest BCUT2D eigenvalue weighted by Gasteiger charge is -2.22. The molecule has 5 rings (SSSR count). The van der Waals surface area contributed by atoms with Crippen LogP contribution in [0.3, 0.4) is 0 Å². The number of halogens is 1. The van der Waals surface area contributed by atoms with E-state index in [0.717, 1.165) is 24.6 Å². The van der Waals surface area contributed by atoms with Gasteiger partial charge in [-0.15, -0.1) is 0 Å². The third-order valence-electron chi connectivity index (χ3n) is 6.05. The molecule has 154 valence electrons. The number of imidazole rings is 1. The first kappa shape index (κ1) is 18.7. The van der Waals surface area contributed by atoms with Crippen molar-refractivity contribution in [3.63, 3.8) is 0 Å². The molecule has 0 saturated heterocycles. The van der Waals surface area contributed by atoms with E-state index < -0.39 is 0 Å². The summed E-state index contributed by atoms with van der Waals surface area (Å²) in [6, 6.07) is 0. The van der Waals surface area contributed by atoms with E-state index in [1.807, 2.05) is 0 Å². The monoisotopic (exact) mass is 408 g/mol. The van der Waals surface area contributed by atoms with Crippen LogP contribution in [-0.4, -0.2) is 44.2 Å². The van der Waals surface area contributed by atoms with Gasteiger partial charge in [-0.1, -0.05) is 6.42 Å². The fraction of sp³-hybridized carbons (Fsp3) is 0.333. The molecule has 2 atom stereocenters. The van der Waals surface area contributed by atoms with Crippen molar-refractivity contribution in [1.82, 2.24) is 24.6 Å². The van der Waals surface area contributed by atoms with E-state index >= 15 is 4.39 Å². The van der Waals surface area contributed by atoms with Gasteiger partial charge >= 0.3 is 0 Å². The standard InChI is InChI=1S/C21H21FN6O2/c1-11-18(14-8-28-9-16(24-10-29)26-17(28)7-23-14)13-6-25-27-21(13)19(20(11)22)12-4-3-5-15(12)30-2/h6-10,12,15H,3-5H2,1-2H3,(H,24,29)(H,25,27). The van der Waals surface area contributed by atoms with Crippen LogP contribution in [0.25, 0.3) is 27.8 Å². The summed E-state index contributed by atoms with van der Waals surface area (Å²) in [5.74, 6) is 0.167. The van der Waals surface area contributed by atoms with Crippen LogP contribution in [0.2, 0.25) is 0 Å². The average Bonchev–Trinajstić information content (AvgIpc) is 3.48. The second kappa shape index (κ2) is 7.17. The summed E-state index contributed by atoms with van der Waals surface area (Å²) in [6.07, 6.45) is 10.2. The van der Waals surface area contributed by atoms with Crippen molar-refractivity contribution in [1.29, 1.82) is 0 Å². The molecule has 2 N–H and O–H groups in total. The number of rotatable bonds is 5. The zero-order valence-electron chi connectivity index (χ0n) is 16.6. The quantitative estimate of drug-likeness (QED) is 0.492. The molecule has 1 aliphatic rings. The number of anilines is 1. The van der Waals surface area contributed by atoms with E-state index in [0.29, 0.717) is 45.8 Å². The SMILES string of the molecule is COC1CCCC1c1c(F)c(C)c(-c2cn3cc(NC=O)nc3cn2)c2cn[nH]c12. The van der Waals surface area contributed by atoms with Crippen molar-refractivity contribution in [2.24, 2.45) is 0 Å². The molecule has 1 fully saturated rings. The number of benzene rings is 1. The number of aromatic amines is 1. The van der Waals surface area contributed by atoms with Crippen LogP contribution in [0.4, 0.5) is 10.2 Å². The van der Waals surface area contributed by atoms with E-state index in [9.17, 15) is 4.79 Å². The lowest BCUT2D eigenvalue weighted by Crippen LogP contribution is -2.17. The Labute approximate surface area is 171 Å². The lowest BCUT2D eigenvalue weighted by atomic mass is 9.88. The smallest absolute Gasteiger partial charge is 0.212 e. The van der Waals surface area contributed by atoms with Gasteiger partial charge in [0.25, 0.3) is 0 Å². The molecular formula is C21H21FN6O2. The second-order valence-corrected chi connectivity index (χ2v) is 7.62. The van der Waals surface area contributed by atoms with Gasteiger partial charge in [-0.3, -0.25) is 14.9 Å². The van der Waals surface area contributed by atoms with Crippen molar-refractivity contribution in [3.05, 3.63) is 41.7 Å². The number of fused-ring (bicyclic) bond motifs is 2. The molecule has 0 radical (unpaired) electrons. The van der Waals surface area contributed by atoms with Crippen molar-refractivity contribution in [3.8, 4) is 11.3 Å². The summed E-state index contributed by atoms with van der Waals surface area (Å²) >= 11 is 0. The maximum Gasteiger partial charge on any atom is 0.212 e. The zero-order chi connectivity index (χ0) is 20.8. The molecule has 1 aromatic carbocycles. The van der Waals surface area contributed by atoms with Gasteiger partial charge < -0.3 is 14.5 Å². The van der Waals surface area contributed by atoms with E-state index in [1.54, 1.807) is 43.2 Å². The molecule has 3 aromatic heterocycles. The summed E-state index contributed by atoms with van der Waals surface area (Å²) in [7, 11) is 1.68. The Morgan fingerprint density at radius 3 is 3.00 bits per heavy atom. The highest BCUT2D eigenvalue weighted by Gasteiger charge is 2.34. The number of hydrogen-bond acceptors (Lipinski definition) is 5. The number of hydrogen-bond donors (Lipinski definition) is 2. The average molecular weight is 408 g/mol. The Hall–Kier alpha value is -3.33. The number of carbonyl (C=O) groups excluding carboxylic acids is 1. The highest BCUT2D eigenvalue weighted by atomic mass is 19.1. The molecule has 8 nitrogen and oxygen atoms in total. The maximum atomic E-state index is 15.7. The van der Waals surface area contributed by atoms with Crippen LogP contribution in [0, 0.1) is 12.7 Å². The van der Waals surface area contributed by atoms with Gasteiger partial charge in [-0.05, 0) is 25.3 Å². The van der Waals surface area contributed by atoms with Gasteiger partial charge in [0.15, 0.2) is 11.5 Å². The Morgan fingerprint density at radius 2 is 2.20 bits per heavy atom. The zero-order valence-corrected chi connectivity index (χ0v) is 16.6. The third kappa shape index (κ3) is 2.77. The number of aromatic nitrogens is 5. The predicted molar refractivity (Wildman–Crippen MR) is 110 cm³/mol.